The molecule has 16 heavy (non-hydrogen) atoms. The summed E-state index contributed by atoms with van der Waals surface area (Å²) in [7, 11) is 0. The van der Waals surface area contributed by atoms with E-state index in [1.165, 1.54) is 0 Å². The van der Waals surface area contributed by atoms with Crippen molar-refractivity contribution in [3.8, 4) is 0 Å². The van der Waals surface area contributed by atoms with Crippen molar-refractivity contribution >= 4 is 5.78 Å². The smallest absolute Gasteiger partial charge is 0.170 e. The summed E-state index contributed by atoms with van der Waals surface area (Å²) in [5, 5.41) is 18.9. The second-order valence-corrected chi connectivity index (χ2v) is 4.41. The van der Waals surface area contributed by atoms with Crippen molar-refractivity contribution in [2.24, 2.45) is 11.8 Å². The van der Waals surface area contributed by atoms with E-state index in [9.17, 15) is 15.0 Å². The van der Waals surface area contributed by atoms with Gasteiger partial charge in [-0.25, -0.2) is 0 Å². The zero-order valence-electron chi connectivity index (χ0n) is 8.63. The van der Waals surface area contributed by atoms with Crippen LogP contribution < -0.4 is 0 Å². The zero-order valence-corrected chi connectivity index (χ0v) is 8.63. The van der Waals surface area contributed by atoms with Gasteiger partial charge in [0, 0.05) is 11.5 Å². The molecule has 0 aliphatic heterocycles. The van der Waals surface area contributed by atoms with Crippen molar-refractivity contribution < 1.29 is 15.0 Å². The first-order chi connectivity index (χ1) is 7.66. The van der Waals surface area contributed by atoms with E-state index in [4.69, 9.17) is 0 Å². The fourth-order valence-electron chi connectivity index (χ4n) is 2.63. The summed E-state index contributed by atoms with van der Waals surface area (Å²) in [6.45, 7) is 0. The van der Waals surface area contributed by atoms with E-state index in [1.54, 1.807) is 18.2 Å². The van der Waals surface area contributed by atoms with E-state index < -0.39 is 6.10 Å². The monoisotopic (exact) mass is 216 g/mol. The highest BCUT2D eigenvalue weighted by Gasteiger charge is 2.42. The number of aliphatic hydroxyl groups excluding tert-OH is 2. The largest absolute Gasteiger partial charge is 0.508 e. The normalized spacial score (nSPS) is 36.2. The van der Waals surface area contributed by atoms with E-state index in [1.807, 2.05) is 12.2 Å². The molecule has 3 rings (SSSR count). The number of allylic oxidation sites excluding steroid dienone is 5. The predicted octanol–water partition coefficient (Wildman–Crippen LogP) is 1.43. The van der Waals surface area contributed by atoms with Crippen molar-refractivity contribution in [1.29, 1.82) is 0 Å². The number of aliphatic hydroxyl groups is 2. The lowest BCUT2D eigenvalue weighted by atomic mass is 9.87. The van der Waals surface area contributed by atoms with E-state index >= 15 is 0 Å². The third-order valence-electron chi connectivity index (χ3n) is 3.39. The van der Waals surface area contributed by atoms with Crippen molar-refractivity contribution in [2.45, 2.75) is 12.5 Å². The number of ketones is 1. The van der Waals surface area contributed by atoms with Gasteiger partial charge < -0.3 is 10.2 Å². The quantitative estimate of drug-likeness (QED) is 0.644. The fourth-order valence-corrected chi connectivity index (χ4v) is 2.63. The molecule has 2 N–H and O–H groups in total. The van der Waals surface area contributed by atoms with Crippen LogP contribution in [0.3, 0.4) is 0 Å². The Labute approximate surface area is 93.1 Å². The maximum Gasteiger partial charge on any atom is 0.170 e. The molecular weight excluding hydrogens is 204 g/mol. The number of fused-ring (bicyclic) bond motifs is 3. The number of carbonyl (C=O) groups is 1. The number of carbonyl (C=O) groups excluding carboxylic acids is 1. The van der Waals surface area contributed by atoms with Crippen LogP contribution in [0.25, 0.3) is 0 Å². The molecule has 1 fully saturated rings. The standard InChI is InChI=1S/C13H12O3/c14-7-1-3-9-10-4-2-8(15)6-12(10)13(16)11(9)5-7/h1,3-6,8-9,11,14-15H,2H2. The zero-order chi connectivity index (χ0) is 11.3. The Kier molecular flexibility index (Phi) is 1.91. The average molecular weight is 216 g/mol. The second kappa shape index (κ2) is 3.19. The molecule has 1 saturated carbocycles. The highest BCUT2D eigenvalue weighted by atomic mass is 16.3. The van der Waals surface area contributed by atoms with Crippen LogP contribution in [-0.4, -0.2) is 22.1 Å². The number of hydrogen-bond donors (Lipinski definition) is 2. The van der Waals surface area contributed by atoms with Gasteiger partial charge in [0.15, 0.2) is 5.78 Å². The number of Topliss-reactive ketones (excluding diaryl/α,β-unsaturated/α-hetero) is 1. The third-order valence-corrected chi connectivity index (χ3v) is 3.39. The van der Waals surface area contributed by atoms with Crippen LogP contribution in [-0.2, 0) is 4.79 Å². The number of rotatable bonds is 0. The summed E-state index contributed by atoms with van der Waals surface area (Å²) < 4.78 is 0. The first-order valence-electron chi connectivity index (χ1n) is 5.40. The van der Waals surface area contributed by atoms with E-state index in [0.717, 1.165) is 5.57 Å². The summed E-state index contributed by atoms with van der Waals surface area (Å²) in [6.07, 6.45) is 8.67. The molecule has 0 heterocycles. The van der Waals surface area contributed by atoms with E-state index in [-0.39, 0.29) is 23.4 Å². The Bertz CT molecular complexity index is 479. The Morgan fingerprint density at radius 2 is 2.06 bits per heavy atom. The van der Waals surface area contributed by atoms with Crippen LogP contribution in [0, 0.1) is 11.8 Å². The molecule has 3 aliphatic rings. The Hall–Kier alpha value is -1.61. The van der Waals surface area contributed by atoms with Crippen LogP contribution in [0.1, 0.15) is 6.42 Å². The van der Waals surface area contributed by atoms with E-state index in [0.29, 0.717) is 12.0 Å². The number of hydrogen-bond acceptors (Lipinski definition) is 3. The van der Waals surface area contributed by atoms with Gasteiger partial charge in [0.05, 0.1) is 12.0 Å². The maximum absolute atomic E-state index is 12.1. The minimum atomic E-state index is -0.551. The Balaban J connectivity index is 2.08. The van der Waals surface area contributed by atoms with Gasteiger partial charge in [0.25, 0.3) is 0 Å². The maximum atomic E-state index is 12.1. The van der Waals surface area contributed by atoms with Crippen molar-refractivity contribution in [2.75, 3.05) is 0 Å². The molecule has 82 valence electrons. The van der Waals surface area contributed by atoms with Gasteiger partial charge in [-0.15, -0.1) is 0 Å². The van der Waals surface area contributed by atoms with E-state index in [2.05, 4.69) is 0 Å². The molecule has 3 aliphatic carbocycles. The van der Waals surface area contributed by atoms with Gasteiger partial charge in [0.1, 0.15) is 5.76 Å². The molecular formula is C13H12O3. The van der Waals surface area contributed by atoms with Gasteiger partial charge in [-0.3, -0.25) is 4.79 Å². The molecule has 0 amide bonds. The minimum Gasteiger partial charge on any atom is -0.508 e. The Morgan fingerprint density at radius 3 is 2.88 bits per heavy atom. The van der Waals surface area contributed by atoms with Crippen LogP contribution in [0.4, 0.5) is 0 Å². The predicted molar refractivity (Wildman–Crippen MR) is 58.6 cm³/mol. The first kappa shape index (κ1) is 9.60. The molecule has 0 aromatic carbocycles. The fraction of sp³-hybridized carbons (Fsp3) is 0.308. The van der Waals surface area contributed by atoms with Gasteiger partial charge in [0.2, 0.25) is 0 Å². The van der Waals surface area contributed by atoms with Gasteiger partial charge in [-0.2, -0.15) is 0 Å². The van der Waals surface area contributed by atoms with Crippen LogP contribution in [0.2, 0.25) is 0 Å². The Morgan fingerprint density at radius 1 is 1.25 bits per heavy atom. The third kappa shape index (κ3) is 1.21. The summed E-state index contributed by atoms with van der Waals surface area (Å²) in [5.41, 5.74) is 1.63. The van der Waals surface area contributed by atoms with Gasteiger partial charge in [-0.1, -0.05) is 12.2 Å². The second-order valence-electron chi connectivity index (χ2n) is 4.41. The molecule has 3 nitrogen and oxygen atoms in total. The summed E-state index contributed by atoms with van der Waals surface area (Å²) in [4.78, 5) is 12.1. The molecule has 0 radical (unpaired) electrons. The first-order valence-corrected chi connectivity index (χ1v) is 5.40. The minimum absolute atomic E-state index is 0.00546. The van der Waals surface area contributed by atoms with Gasteiger partial charge in [-0.05, 0) is 30.2 Å². The lowest BCUT2D eigenvalue weighted by Crippen LogP contribution is -2.14. The summed E-state index contributed by atoms with van der Waals surface area (Å²) >= 11 is 0. The topological polar surface area (TPSA) is 57.5 Å². The molecule has 3 unspecified atom stereocenters. The lowest BCUT2D eigenvalue weighted by Gasteiger charge is -2.17. The van der Waals surface area contributed by atoms with Crippen LogP contribution >= 0.6 is 0 Å². The lowest BCUT2D eigenvalue weighted by molar-refractivity contribution is -0.117. The molecule has 0 aromatic heterocycles. The summed E-state index contributed by atoms with van der Waals surface area (Å²) in [6, 6.07) is 0. The summed E-state index contributed by atoms with van der Waals surface area (Å²) in [5.74, 6) is -0.0872. The molecule has 0 saturated heterocycles. The highest BCUT2D eigenvalue weighted by Crippen LogP contribution is 2.44. The highest BCUT2D eigenvalue weighted by molar-refractivity contribution is 6.07. The van der Waals surface area contributed by atoms with Crippen molar-refractivity contribution in [3.05, 3.63) is 47.3 Å². The molecule has 0 bridgehead atoms. The SMILES string of the molecule is O=C1C2=CC(O)CC=C2C2C=CC(O)=CC12. The van der Waals surface area contributed by atoms with Crippen molar-refractivity contribution in [1.82, 2.24) is 0 Å². The molecule has 3 heteroatoms. The van der Waals surface area contributed by atoms with Crippen LogP contribution in [0.15, 0.2) is 47.3 Å². The van der Waals surface area contributed by atoms with Crippen LogP contribution in [0.5, 0.6) is 0 Å². The average Bonchev–Trinajstić information content (AvgIpc) is 2.53. The van der Waals surface area contributed by atoms with Gasteiger partial charge >= 0.3 is 0 Å². The molecule has 3 atom stereocenters. The molecule has 0 spiro atoms. The van der Waals surface area contributed by atoms with Crippen molar-refractivity contribution in [3.63, 3.8) is 0 Å². The molecule has 0 aromatic rings.